The first-order valence-electron chi connectivity index (χ1n) is 8.24. The molecule has 1 heterocycles. The molecule has 0 radical (unpaired) electrons. The SMILES string of the molecule is CCCCNCC(=O)NC(Cc1ccccc1)c1ccccn1.Cl.Cl. The van der Waals surface area contributed by atoms with Gasteiger partial charge in [-0.1, -0.05) is 49.7 Å². The topological polar surface area (TPSA) is 54.0 Å². The van der Waals surface area contributed by atoms with E-state index in [9.17, 15) is 4.79 Å². The number of hydrogen-bond donors (Lipinski definition) is 2. The van der Waals surface area contributed by atoms with Crippen molar-refractivity contribution in [1.29, 1.82) is 0 Å². The molecule has 0 spiro atoms. The lowest BCUT2D eigenvalue weighted by Crippen LogP contribution is -2.37. The van der Waals surface area contributed by atoms with Crippen molar-refractivity contribution in [2.75, 3.05) is 13.1 Å². The molecule has 0 aliphatic rings. The largest absolute Gasteiger partial charge is 0.346 e. The summed E-state index contributed by atoms with van der Waals surface area (Å²) in [5, 5.41) is 6.27. The first-order valence-corrected chi connectivity index (χ1v) is 8.24. The minimum absolute atomic E-state index is 0. The summed E-state index contributed by atoms with van der Waals surface area (Å²) >= 11 is 0. The van der Waals surface area contributed by atoms with Crippen LogP contribution in [0.3, 0.4) is 0 Å². The van der Waals surface area contributed by atoms with Crippen LogP contribution in [0, 0.1) is 0 Å². The van der Waals surface area contributed by atoms with E-state index in [4.69, 9.17) is 0 Å². The molecule has 25 heavy (non-hydrogen) atoms. The van der Waals surface area contributed by atoms with Gasteiger partial charge in [0.25, 0.3) is 0 Å². The van der Waals surface area contributed by atoms with E-state index < -0.39 is 0 Å². The molecular weight excluding hydrogens is 357 g/mol. The number of carbonyl (C=O) groups is 1. The quantitative estimate of drug-likeness (QED) is 0.648. The van der Waals surface area contributed by atoms with Crippen LogP contribution in [0.5, 0.6) is 0 Å². The van der Waals surface area contributed by atoms with Crippen LogP contribution < -0.4 is 10.6 Å². The van der Waals surface area contributed by atoms with Crippen molar-refractivity contribution in [3.8, 4) is 0 Å². The molecule has 0 bridgehead atoms. The van der Waals surface area contributed by atoms with E-state index >= 15 is 0 Å². The average molecular weight is 384 g/mol. The molecule has 2 rings (SSSR count). The van der Waals surface area contributed by atoms with Crippen molar-refractivity contribution in [1.82, 2.24) is 15.6 Å². The molecule has 1 amide bonds. The highest BCUT2D eigenvalue weighted by molar-refractivity contribution is 5.85. The van der Waals surface area contributed by atoms with Gasteiger partial charge >= 0.3 is 0 Å². The van der Waals surface area contributed by atoms with E-state index in [1.807, 2.05) is 36.4 Å². The molecule has 1 aromatic heterocycles. The third kappa shape index (κ3) is 8.87. The van der Waals surface area contributed by atoms with E-state index in [-0.39, 0.29) is 36.8 Å². The maximum Gasteiger partial charge on any atom is 0.234 e. The Morgan fingerprint density at radius 1 is 1.08 bits per heavy atom. The first kappa shape index (κ1) is 23.4. The number of carbonyl (C=O) groups excluding carboxylic acids is 1. The van der Waals surface area contributed by atoms with Crippen LogP contribution in [-0.2, 0) is 11.2 Å². The van der Waals surface area contributed by atoms with E-state index in [1.54, 1.807) is 6.20 Å². The Bertz CT molecular complexity index is 582. The smallest absolute Gasteiger partial charge is 0.234 e. The highest BCUT2D eigenvalue weighted by Gasteiger charge is 2.16. The first-order chi connectivity index (χ1) is 11.3. The monoisotopic (exact) mass is 383 g/mol. The second-order valence-electron chi connectivity index (χ2n) is 5.59. The Morgan fingerprint density at radius 3 is 2.44 bits per heavy atom. The highest BCUT2D eigenvalue weighted by Crippen LogP contribution is 2.16. The van der Waals surface area contributed by atoms with Crippen molar-refractivity contribution in [3.05, 3.63) is 66.0 Å². The van der Waals surface area contributed by atoms with E-state index in [0.717, 1.165) is 31.5 Å². The molecule has 2 aromatic rings. The van der Waals surface area contributed by atoms with E-state index in [0.29, 0.717) is 6.54 Å². The van der Waals surface area contributed by atoms with Gasteiger partial charge in [-0.3, -0.25) is 9.78 Å². The van der Waals surface area contributed by atoms with Crippen LogP contribution in [0.25, 0.3) is 0 Å². The second-order valence-corrected chi connectivity index (χ2v) is 5.59. The Labute approximate surface area is 162 Å². The summed E-state index contributed by atoms with van der Waals surface area (Å²) in [4.78, 5) is 16.6. The van der Waals surface area contributed by atoms with Gasteiger partial charge in [0.05, 0.1) is 18.3 Å². The Balaban J connectivity index is 0.00000288. The summed E-state index contributed by atoms with van der Waals surface area (Å²) < 4.78 is 0. The number of nitrogens with one attached hydrogen (secondary N) is 2. The van der Waals surface area contributed by atoms with E-state index in [1.165, 1.54) is 5.56 Å². The van der Waals surface area contributed by atoms with Crippen LogP contribution >= 0.6 is 24.8 Å². The van der Waals surface area contributed by atoms with Gasteiger partial charge in [0, 0.05) is 6.20 Å². The summed E-state index contributed by atoms with van der Waals surface area (Å²) in [6, 6.07) is 15.8. The predicted molar refractivity (Wildman–Crippen MR) is 108 cm³/mol. The second kappa shape index (κ2) is 13.6. The van der Waals surface area contributed by atoms with Crippen molar-refractivity contribution in [2.24, 2.45) is 0 Å². The summed E-state index contributed by atoms with van der Waals surface area (Å²) in [6.07, 6.45) is 4.71. The lowest BCUT2D eigenvalue weighted by molar-refractivity contribution is -0.121. The maximum atomic E-state index is 12.2. The van der Waals surface area contributed by atoms with Crippen LogP contribution in [0.1, 0.15) is 37.1 Å². The number of hydrogen-bond acceptors (Lipinski definition) is 3. The number of nitrogens with zero attached hydrogens (tertiary/aromatic N) is 1. The Morgan fingerprint density at radius 2 is 1.80 bits per heavy atom. The molecule has 0 saturated carbocycles. The predicted octanol–water partition coefficient (Wildman–Crippen LogP) is 3.71. The molecule has 0 saturated heterocycles. The standard InChI is InChI=1S/C19H25N3O.2ClH/c1-2-3-12-20-15-19(23)22-18(17-11-7-8-13-21-17)14-16-9-5-4-6-10-16;;/h4-11,13,18,20H,2-3,12,14-15H2,1H3,(H,22,23);2*1H. The van der Waals surface area contributed by atoms with Gasteiger partial charge in [-0.15, -0.1) is 24.8 Å². The van der Waals surface area contributed by atoms with Crippen molar-refractivity contribution >= 4 is 30.7 Å². The number of rotatable bonds is 9. The van der Waals surface area contributed by atoms with Crippen molar-refractivity contribution in [2.45, 2.75) is 32.2 Å². The molecule has 1 atom stereocenters. The zero-order valence-corrected chi connectivity index (χ0v) is 16.1. The number of amides is 1. The van der Waals surface area contributed by atoms with Crippen LogP contribution in [0.15, 0.2) is 54.7 Å². The molecule has 1 aromatic carbocycles. The zero-order valence-electron chi connectivity index (χ0n) is 14.5. The maximum absolute atomic E-state index is 12.2. The molecule has 138 valence electrons. The zero-order chi connectivity index (χ0) is 16.3. The molecule has 6 heteroatoms. The molecular formula is C19H27Cl2N3O. The number of pyridine rings is 1. The molecule has 0 fully saturated rings. The van der Waals surface area contributed by atoms with Gasteiger partial charge in [-0.25, -0.2) is 0 Å². The van der Waals surface area contributed by atoms with Gasteiger partial charge in [-0.05, 0) is 37.1 Å². The van der Waals surface area contributed by atoms with Crippen molar-refractivity contribution in [3.63, 3.8) is 0 Å². The fraction of sp³-hybridized carbons (Fsp3) is 0.368. The summed E-state index contributed by atoms with van der Waals surface area (Å²) in [5.41, 5.74) is 2.07. The molecule has 0 aliphatic heterocycles. The fourth-order valence-electron chi connectivity index (χ4n) is 2.41. The Kier molecular flexibility index (Phi) is 12.8. The number of benzene rings is 1. The normalized spacial score (nSPS) is 10.9. The average Bonchev–Trinajstić information content (AvgIpc) is 2.60. The van der Waals surface area contributed by atoms with Gasteiger partial charge in [-0.2, -0.15) is 0 Å². The highest BCUT2D eigenvalue weighted by atomic mass is 35.5. The fourth-order valence-corrected chi connectivity index (χ4v) is 2.41. The number of unbranched alkanes of at least 4 members (excludes halogenated alkanes) is 1. The summed E-state index contributed by atoms with van der Waals surface area (Å²) in [6.45, 7) is 3.35. The van der Waals surface area contributed by atoms with Gasteiger partial charge in [0.15, 0.2) is 0 Å². The Hall–Kier alpha value is -1.62. The van der Waals surface area contributed by atoms with Gasteiger partial charge in [0.1, 0.15) is 0 Å². The number of aromatic nitrogens is 1. The van der Waals surface area contributed by atoms with E-state index in [2.05, 4.69) is 34.7 Å². The minimum Gasteiger partial charge on any atom is -0.346 e. The minimum atomic E-state index is -0.112. The van der Waals surface area contributed by atoms with Crippen LogP contribution in [-0.4, -0.2) is 24.0 Å². The van der Waals surface area contributed by atoms with Crippen LogP contribution in [0.4, 0.5) is 0 Å². The van der Waals surface area contributed by atoms with Gasteiger partial charge in [0.2, 0.25) is 5.91 Å². The number of halogens is 2. The lowest BCUT2D eigenvalue weighted by atomic mass is 10.0. The van der Waals surface area contributed by atoms with Gasteiger partial charge < -0.3 is 10.6 Å². The lowest BCUT2D eigenvalue weighted by Gasteiger charge is -2.19. The summed E-state index contributed by atoms with van der Waals surface area (Å²) in [7, 11) is 0. The third-order valence-corrected chi connectivity index (χ3v) is 3.66. The third-order valence-electron chi connectivity index (χ3n) is 3.66. The van der Waals surface area contributed by atoms with Crippen LogP contribution in [0.2, 0.25) is 0 Å². The molecule has 1 unspecified atom stereocenters. The molecule has 2 N–H and O–H groups in total. The molecule has 0 aliphatic carbocycles. The summed E-state index contributed by atoms with van der Waals surface area (Å²) in [5.74, 6) is 0.00712. The van der Waals surface area contributed by atoms with Crippen molar-refractivity contribution < 1.29 is 4.79 Å². The molecule has 4 nitrogen and oxygen atoms in total.